The largest absolute Gasteiger partial charge is 0.496 e. The fourth-order valence-corrected chi connectivity index (χ4v) is 5.15. The van der Waals surface area contributed by atoms with Gasteiger partial charge in [0.05, 0.1) is 36.3 Å². The number of hydrogen-bond acceptors (Lipinski definition) is 6. The number of piperidine rings is 1. The second-order valence-corrected chi connectivity index (χ2v) is 10.0. The molecule has 1 saturated heterocycles. The molecule has 0 radical (unpaired) electrons. The molecule has 202 valence electrons. The fourth-order valence-electron chi connectivity index (χ4n) is 5.15. The Labute approximate surface area is 230 Å². The molecule has 3 aromatic carbocycles. The van der Waals surface area contributed by atoms with Crippen molar-refractivity contribution >= 4 is 17.6 Å². The summed E-state index contributed by atoms with van der Waals surface area (Å²) in [6, 6.07) is 23.1. The van der Waals surface area contributed by atoms with Gasteiger partial charge in [-0.15, -0.1) is 0 Å². The molecular weight excluding hydrogens is 490 g/mol. The van der Waals surface area contributed by atoms with Gasteiger partial charge in [-0.25, -0.2) is 4.79 Å². The van der Waals surface area contributed by atoms with Crippen molar-refractivity contribution in [2.75, 3.05) is 32.1 Å². The van der Waals surface area contributed by atoms with Crippen LogP contribution in [0.3, 0.4) is 0 Å². The van der Waals surface area contributed by atoms with Crippen LogP contribution in [0, 0.1) is 11.3 Å². The maximum absolute atomic E-state index is 13.5. The van der Waals surface area contributed by atoms with Crippen molar-refractivity contribution in [3.05, 3.63) is 83.4 Å². The van der Waals surface area contributed by atoms with Crippen LogP contribution in [0.15, 0.2) is 66.7 Å². The zero-order valence-electron chi connectivity index (χ0n) is 23.0. The molecular formula is C32H35N3O4. The first-order valence-electron chi connectivity index (χ1n) is 13.3. The molecule has 0 aromatic heterocycles. The molecule has 3 aromatic rings. The van der Waals surface area contributed by atoms with E-state index in [2.05, 4.69) is 30.1 Å². The molecule has 0 bridgehead atoms. The first-order chi connectivity index (χ1) is 18.8. The normalized spacial score (nSPS) is 14.9. The summed E-state index contributed by atoms with van der Waals surface area (Å²) in [6.07, 6.45) is 1.34. The molecule has 39 heavy (non-hydrogen) atoms. The van der Waals surface area contributed by atoms with Crippen LogP contribution in [0.4, 0.5) is 5.69 Å². The minimum Gasteiger partial charge on any atom is -0.496 e. The van der Waals surface area contributed by atoms with Crippen LogP contribution in [-0.2, 0) is 10.2 Å². The van der Waals surface area contributed by atoms with E-state index in [1.54, 1.807) is 38.3 Å². The van der Waals surface area contributed by atoms with Crippen LogP contribution < -0.4 is 10.1 Å². The first kappa shape index (κ1) is 27.9. The molecule has 1 N–H and O–H groups in total. The molecule has 0 aliphatic carbocycles. The van der Waals surface area contributed by atoms with Gasteiger partial charge in [-0.1, -0.05) is 36.4 Å². The Morgan fingerprint density at radius 2 is 1.72 bits per heavy atom. The zero-order valence-corrected chi connectivity index (χ0v) is 23.0. The SMILES string of the molecule is CCOC(=O)c1cc(-c2ccccc2)ccc1C(=O)Nc1ccc(OC)c(C2(C#N)CCN(C(C)C)CC2)c1. The van der Waals surface area contributed by atoms with Gasteiger partial charge in [0.2, 0.25) is 0 Å². The average Bonchev–Trinajstić information content (AvgIpc) is 2.97. The third-order valence-electron chi connectivity index (χ3n) is 7.44. The predicted octanol–water partition coefficient (Wildman–Crippen LogP) is 6.06. The number of hydrogen-bond donors (Lipinski definition) is 1. The molecule has 7 heteroatoms. The number of nitrogens with one attached hydrogen (secondary N) is 1. The number of anilines is 1. The third-order valence-corrected chi connectivity index (χ3v) is 7.44. The van der Waals surface area contributed by atoms with Crippen LogP contribution in [0.2, 0.25) is 0 Å². The lowest BCUT2D eigenvalue weighted by Crippen LogP contribution is -2.44. The van der Waals surface area contributed by atoms with E-state index in [4.69, 9.17) is 9.47 Å². The van der Waals surface area contributed by atoms with Crippen LogP contribution in [0.25, 0.3) is 11.1 Å². The standard InChI is InChI=1S/C32H35N3O4/c1-5-39-31(37)27-19-24(23-9-7-6-8-10-23)11-13-26(27)30(36)34-25-12-14-29(38-4)28(20-25)32(21-33)15-17-35(18-16-32)22(2)3/h6-14,19-20,22H,5,15-18H2,1-4H3,(H,34,36). The van der Waals surface area contributed by atoms with Crippen LogP contribution >= 0.6 is 0 Å². The van der Waals surface area contributed by atoms with Crippen molar-refractivity contribution in [3.8, 4) is 22.9 Å². The predicted molar refractivity (Wildman–Crippen MR) is 152 cm³/mol. The maximum Gasteiger partial charge on any atom is 0.338 e. The quantitative estimate of drug-likeness (QED) is 0.360. The second-order valence-electron chi connectivity index (χ2n) is 10.0. The lowest BCUT2D eigenvalue weighted by atomic mass is 9.73. The Hall–Kier alpha value is -4.15. The Bertz CT molecular complexity index is 1370. The summed E-state index contributed by atoms with van der Waals surface area (Å²) < 4.78 is 10.9. The monoisotopic (exact) mass is 525 g/mol. The van der Waals surface area contributed by atoms with Crippen LogP contribution in [0.5, 0.6) is 5.75 Å². The molecule has 4 rings (SSSR count). The number of rotatable bonds is 8. The smallest absolute Gasteiger partial charge is 0.338 e. The van der Waals surface area contributed by atoms with E-state index in [9.17, 15) is 14.9 Å². The van der Waals surface area contributed by atoms with E-state index in [1.807, 2.05) is 42.5 Å². The molecule has 1 heterocycles. The van der Waals surface area contributed by atoms with E-state index >= 15 is 0 Å². The molecule has 7 nitrogen and oxygen atoms in total. The highest BCUT2D eigenvalue weighted by molar-refractivity contribution is 6.11. The highest BCUT2D eigenvalue weighted by Crippen LogP contribution is 2.41. The molecule has 0 unspecified atom stereocenters. The zero-order chi connectivity index (χ0) is 28.0. The Morgan fingerprint density at radius 1 is 1.00 bits per heavy atom. The number of esters is 1. The van der Waals surface area contributed by atoms with Crippen molar-refractivity contribution in [1.29, 1.82) is 5.26 Å². The molecule has 1 aliphatic rings. The molecule has 1 fully saturated rings. The average molecular weight is 526 g/mol. The molecule has 0 spiro atoms. The van der Waals surface area contributed by atoms with Gasteiger partial charge in [-0.3, -0.25) is 4.79 Å². The number of methoxy groups -OCH3 is 1. The van der Waals surface area contributed by atoms with Gasteiger partial charge in [0.15, 0.2) is 0 Å². The van der Waals surface area contributed by atoms with Gasteiger partial charge in [-0.05, 0) is 75.1 Å². The van der Waals surface area contributed by atoms with Gasteiger partial charge >= 0.3 is 5.97 Å². The van der Waals surface area contributed by atoms with Gasteiger partial charge < -0.3 is 19.7 Å². The summed E-state index contributed by atoms with van der Waals surface area (Å²) in [7, 11) is 1.59. The fraction of sp³-hybridized carbons (Fsp3) is 0.344. The van der Waals surface area contributed by atoms with E-state index in [1.165, 1.54) is 0 Å². The first-order valence-corrected chi connectivity index (χ1v) is 13.3. The Kier molecular flexibility index (Phi) is 8.68. The van der Waals surface area contributed by atoms with E-state index in [-0.39, 0.29) is 17.7 Å². The minimum atomic E-state index is -0.717. The lowest BCUT2D eigenvalue weighted by molar-refractivity contribution is 0.0523. The van der Waals surface area contributed by atoms with Crippen molar-refractivity contribution < 1.29 is 19.1 Å². The molecule has 0 atom stereocenters. The Balaban J connectivity index is 1.66. The summed E-state index contributed by atoms with van der Waals surface area (Å²) in [6.45, 7) is 7.86. The summed E-state index contributed by atoms with van der Waals surface area (Å²) in [5.74, 6) is -0.377. The summed E-state index contributed by atoms with van der Waals surface area (Å²) in [5.41, 5.74) is 2.72. The molecule has 1 aliphatic heterocycles. The number of amides is 1. The number of nitrogens with zero attached hydrogens (tertiary/aromatic N) is 2. The molecule has 0 saturated carbocycles. The second kappa shape index (κ2) is 12.1. The lowest BCUT2D eigenvalue weighted by Gasteiger charge is -2.40. The minimum absolute atomic E-state index is 0.194. The number of likely N-dealkylation sites (tertiary alicyclic amines) is 1. The van der Waals surface area contributed by atoms with Crippen LogP contribution in [0.1, 0.15) is 59.9 Å². The Morgan fingerprint density at radius 3 is 2.33 bits per heavy atom. The van der Waals surface area contributed by atoms with Gasteiger partial charge in [-0.2, -0.15) is 5.26 Å². The summed E-state index contributed by atoms with van der Waals surface area (Å²) >= 11 is 0. The topological polar surface area (TPSA) is 91.7 Å². The van der Waals surface area contributed by atoms with Crippen molar-refractivity contribution in [3.63, 3.8) is 0 Å². The van der Waals surface area contributed by atoms with Gasteiger partial charge in [0.25, 0.3) is 5.91 Å². The van der Waals surface area contributed by atoms with Crippen molar-refractivity contribution in [1.82, 2.24) is 4.90 Å². The van der Waals surface area contributed by atoms with Crippen molar-refractivity contribution in [2.45, 2.75) is 45.1 Å². The summed E-state index contributed by atoms with van der Waals surface area (Å²) in [5, 5.41) is 13.2. The highest BCUT2D eigenvalue weighted by Gasteiger charge is 2.39. The molecule has 1 amide bonds. The highest BCUT2D eigenvalue weighted by atomic mass is 16.5. The maximum atomic E-state index is 13.5. The number of ether oxygens (including phenoxy) is 2. The van der Waals surface area contributed by atoms with Crippen LogP contribution in [-0.4, -0.2) is 49.6 Å². The van der Waals surface area contributed by atoms with Crippen molar-refractivity contribution in [2.24, 2.45) is 0 Å². The third kappa shape index (κ3) is 5.97. The number of carbonyl (C=O) groups is 2. The van der Waals surface area contributed by atoms with Gasteiger partial charge in [0.1, 0.15) is 5.75 Å². The van der Waals surface area contributed by atoms with E-state index < -0.39 is 17.3 Å². The number of benzene rings is 3. The van der Waals surface area contributed by atoms with E-state index in [0.717, 1.165) is 29.8 Å². The summed E-state index contributed by atoms with van der Waals surface area (Å²) in [4.78, 5) is 28.7. The van der Waals surface area contributed by atoms with E-state index in [0.29, 0.717) is 30.3 Å². The number of carbonyl (C=O) groups excluding carboxylic acids is 2. The number of nitriles is 1. The van der Waals surface area contributed by atoms with Gasteiger partial charge in [0, 0.05) is 30.4 Å².